The van der Waals surface area contributed by atoms with Crippen LogP contribution >= 0.6 is 0 Å². The summed E-state index contributed by atoms with van der Waals surface area (Å²) in [6, 6.07) is 22.1. The maximum absolute atomic E-state index is 12.8. The molecule has 1 N–H and O–H groups in total. The number of aromatic nitrogens is 2. The normalized spacial score (nSPS) is 12.0. The van der Waals surface area contributed by atoms with Gasteiger partial charge >= 0.3 is 0 Å². The Morgan fingerprint density at radius 3 is 2.13 bits per heavy atom. The van der Waals surface area contributed by atoms with Crippen molar-refractivity contribution in [1.82, 2.24) is 10.2 Å². The van der Waals surface area contributed by atoms with Gasteiger partial charge in [0.05, 0.1) is 16.3 Å². The summed E-state index contributed by atoms with van der Waals surface area (Å²) in [4.78, 5) is 0.175. The Balaban J connectivity index is 1.55. The molecule has 0 saturated heterocycles. The van der Waals surface area contributed by atoms with E-state index in [-0.39, 0.29) is 15.7 Å². The lowest BCUT2D eigenvalue weighted by Gasteiger charge is -2.10. The molecule has 0 saturated carbocycles. The SMILES string of the molecule is CCS(=O)(=O)c1ccc(-c2ccc(NS(=O)(=O)c3ccc4ccccc4c3)cc2)nn1. The Hall–Kier alpha value is -3.30. The minimum atomic E-state index is -3.75. The number of sulfonamides is 1. The quantitative estimate of drug-likeness (QED) is 0.475. The van der Waals surface area contributed by atoms with Crippen LogP contribution in [0.2, 0.25) is 0 Å². The van der Waals surface area contributed by atoms with Crippen molar-refractivity contribution in [3.63, 3.8) is 0 Å². The minimum Gasteiger partial charge on any atom is -0.280 e. The molecule has 0 bridgehead atoms. The number of hydrogen-bond donors (Lipinski definition) is 1. The fourth-order valence-electron chi connectivity index (χ4n) is 3.05. The summed E-state index contributed by atoms with van der Waals surface area (Å²) in [6.45, 7) is 1.54. The lowest BCUT2D eigenvalue weighted by atomic mass is 10.1. The van der Waals surface area contributed by atoms with E-state index in [2.05, 4.69) is 14.9 Å². The van der Waals surface area contributed by atoms with E-state index in [1.165, 1.54) is 6.07 Å². The Morgan fingerprint density at radius 2 is 1.48 bits per heavy atom. The van der Waals surface area contributed by atoms with Gasteiger partial charge in [0.25, 0.3) is 10.0 Å². The van der Waals surface area contributed by atoms with Crippen molar-refractivity contribution in [3.8, 4) is 11.3 Å². The van der Waals surface area contributed by atoms with Gasteiger partial charge < -0.3 is 0 Å². The minimum absolute atomic E-state index is 0.0485. The predicted octanol–water partition coefficient (Wildman–Crippen LogP) is 3.89. The van der Waals surface area contributed by atoms with Gasteiger partial charge in [-0.05, 0) is 47.2 Å². The van der Waals surface area contributed by atoms with Gasteiger partial charge in [-0.15, -0.1) is 10.2 Å². The van der Waals surface area contributed by atoms with Crippen LogP contribution in [0.5, 0.6) is 0 Å². The summed E-state index contributed by atoms with van der Waals surface area (Å²) >= 11 is 0. The molecule has 0 unspecified atom stereocenters. The van der Waals surface area contributed by atoms with Crippen LogP contribution in [0.3, 0.4) is 0 Å². The molecule has 0 radical (unpaired) electrons. The van der Waals surface area contributed by atoms with Crippen molar-refractivity contribution < 1.29 is 16.8 Å². The average molecular weight is 454 g/mol. The first kappa shape index (κ1) is 21.0. The number of nitrogens with one attached hydrogen (secondary N) is 1. The Morgan fingerprint density at radius 1 is 0.774 bits per heavy atom. The largest absolute Gasteiger partial charge is 0.280 e. The highest BCUT2D eigenvalue weighted by molar-refractivity contribution is 7.92. The second-order valence-electron chi connectivity index (χ2n) is 6.85. The fourth-order valence-corrected chi connectivity index (χ4v) is 4.88. The molecule has 7 nitrogen and oxygen atoms in total. The van der Waals surface area contributed by atoms with E-state index in [1.54, 1.807) is 55.5 Å². The topological polar surface area (TPSA) is 106 Å². The number of anilines is 1. The van der Waals surface area contributed by atoms with Gasteiger partial charge in [-0.3, -0.25) is 4.72 Å². The van der Waals surface area contributed by atoms with Crippen molar-refractivity contribution in [2.75, 3.05) is 10.5 Å². The van der Waals surface area contributed by atoms with Gasteiger partial charge in [-0.25, -0.2) is 16.8 Å². The molecule has 0 amide bonds. The summed E-state index contributed by atoms with van der Waals surface area (Å²) in [6.07, 6.45) is 0. The van der Waals surface area contributed by atoms with Crippen molar-refractivity contribution in [2.45, 2.75) is 16.8 Å². The van der Waals surface area contributed by atoms with Crippen LogP contribution in [0.1, 0.15) is 6.92 Å². The van der Waals surface area contributed by atoms with Crippen LogP contribution in [0, 0.1) is 0 Å². The Bertz CT molecular complexity index is 1450. The molecule has 0 fully saturated rings. The number of benzene rings is 3. The number of hydrogen-bond acceptors (Lipinski definition) is 6. The molecular formula is C22H19N3O4S2. The molecule has 158 valence electrons. The third kappa shape index (κ3) is 4.42. The Labute approximate surface area is 180 Å². The van der Waals surface area contributed by atoms with Crippen LogP contribution in [-0.2, 0) is 19.9 Å². The molecule has 0 aliphatic rings. The van der Waals surface area contributed by atoms with Crippen LogP contribution in [0.4, 0.5) is 5.69 Å². The molecule has 31 heavy (non-hydrogen) atoms. The maximum atomic E-state index is 12.8. The first-order chi connectivity index (χ1) is 14.8. The lowest BCUT2D eigenvalue weighted by Crippen LogP contribution is -2.12. The van der Waals surface area contributed by atoms with Crippen molar-refractivity contribution in [3.05, 3.63) is 78.9 Å². The Kier molecular flexibility index (Phi) is 5.47. The van der Waals surface area contributed by atoms with Gasteiger partial charge in [0.2, 0.25) is 0 Å². The smallest absolute Gasteiger partial charge is 0.261 e. The molecular weight excluding hydrogens is 434 g/mol. The first-order valence-corrected chi connectivity index (χ1v) is 12.6. The first-order valence-electron chi connectivity index (χ1n) is 9.47. The summed E-state index contributed by atoms with van der Waals surface area (Å²) < 4.78 is 51.8. The van der Waals surface area contributed by atoms with Crippen molar-refractivity contribution >= 4 is 36.3 Å². The predicted molar refractivity (Wildman–Crippen MR) is 120 cm³/mol. The zero-order valence-corrected chi connectivity index (χ0v) is 18.2. The standard InChI is InChI=1S/C22H19N3O4S2/c1-2-30(26,27)22-14-13-21(23-24-22)17-7-10-19(11-8-17)25-31(28,29)20-12-9-16-5-3-4-6-18(16)15-20/h3-15,25H,2H2,1H3. The maximum Gasteiger partial charge on any atom is 0.261 e. The molecule has 3 aromatic carbocycles. The van der Waals surface area contributed by atoms with E-state index in [4.69, 9.17) is 0 Å². The number of nitrogens with zero attached hydrogens (tertiary/aromatic N) is 2. The zero-order valence-electron chi connectivity index (χ0n) is 16.6. The molecule has 0 aliphatic carbocycles. The van der Waals surface area contributed by atoms with Crippen LogP contribution in [0.15, 0.2) is 88.8 Å². The van der Waals surface area contributed by atoms with E-state index in [0.717, 1.165) is 10.8 Å². The van der Waals surface area contributed by atoms with Gasteiger partial charge in [-0.2, -0.15) is 0 Å². The van der Waals surface area contributed by atoms with Crippen LogP contribution < -0.4 is 4.72 Å². The van der Waals surface area contributed by atoms with E-state index in [9.17, 15) is 16.8 Å². The van der Waals surface area contributed by atoms with Gasteiger partial charge in [0, 0.05) is 11.3 Å². The fraction of sp³-hybridized carbons (Fsp3) is 0.0909. The molecule has 0 aliphatic heterocycles. The van der Waals surface area contributed by atoms with Gasteiger partial charge in [-0.1, -0.05) is 49.4 Å². The summed E-state index contributed by atoms with van der Waals surface area (Å²) in [5.41, 5.74) is 1.57. The summed E-state index contributed by atoms with van der Waals surface area (Å²) in [5, 5.41) is 9.50. The van der Waals surface area contributed by atoms with E-state index < -0.39 is 19.9 Å². The monoisotopic (exact) mass is 453 g/mol. The highest BCUT2D eigenvalue weighted by Gasteiger charge is 2.16. The highest BCUT2D eigenvalue weighted by Crippen LogP contribution is 2.24. The van der Waals surface area contributed by atoms with Crippen LogP contribution in [0.25, 0.3) is 22.0 Å². The van der Waals surface area contributed by atoms with E-state index in [0.29, 0.717) is 16.9 Å². The molecule has 4 rings (SSSR count). The molecule has 1 heterocycles. The number of fused-ring (bicyclic) bond motifs is 1. The second-order valence-corrected chi connectivity index (χ2v) is 10.8. The zero-order chi connectivity index (χ0) is 22.1. The third-order valence-corrected chi connectivity index (χ3v) is 7.80. The van der Waals surface area contributed by atoms with E-state index >= 15 is 0 Å². The molecule has 1 aromatic heterocycles. The lowest BCUT2D eigenvalue weighted by molar-refractivity contribution is 0.591. The van der Waals surface area contributed by atoms with Gasteiger partial charge in [0.15, 0.2) is 14.9 Å². The van der Waals surface area contributed by atoms with E-state index in [1.807, 2.05) is 24.3 Å². The molecule has 9 heteroatoms. The number of rotatable bonds is 6. The second kappa shape index (κ2) is 8.09. The van der Waals surface area contributed by atoms with Crippen molar-refractivity contribution in [1.29, 1.82) is 0 Å². The number of sulfone groups is 1. The summed E-state index contributed by atoms with van der Waals surface area (Å²) in [7, 11) is -7.17. The van der Waals surface area contributed by atoms with Crippen molar-refractivity contribution in [2.24, 2.45) is 0 Å². The third-order valence-electron chi connectivity index (χ3n) is 4.80. The highest BCUT2D eigenvalue weighted by atomic mass is 32.2. The summed E-state index contributed by atoms with van der Waals surface area (Å²) in [5.74, 6) is -0.0485. The van der Waals surface area contributed by atoms with Crippen LogP contribution in [-0.4, -0.2) is 32.8 Å². The molecule has 0 atom stereocenters. The molecule has 0 spiro atoms. The average Bonchev–Trinajstić information content (AvgIpc) is 2.79. The van der Waals surface area contributed by atoms with Gasteiger partial charge in [0.1, 0.15) is 0 Å². The molecule has 4 aromatic rings.